The maximum Gasteiger partial charge on any atom is 0.182 e. The average Bonchev–Trinajstić information content (AvgIpc) is 2.28. The molecule has 0 bridgehead atoms. The standard InChI is InChI=1S/C15H28N2O/c1-13(18-14(2,3)4)17-11-7-15(8-12-17)5-9-16-10-6-15/h16H,1,5-12H2,2-4H3. The Morgan fingerprint density at radius 2 is 1.67 bits per heavy atom. The first-order valence-electron chi connectivity index (χ1n) is 7.24. The van der Waals surface area contributed by atoms with Crippen LogP contribution in [0.1, 0.15) is 46.5 Å². The van der Waals surface area contributed by atoms with Crippen molar-refractivity contribution in [1.82, 2.24) is 10.2 Å². The summed E-state index contributed by atoms with van der Waals surface area (Å²) < 4.78 is 5.87. The van der Waals surface area contributed by atoms with Crippen molar-refractivity contribution in [3.05, 3.63) is 12.5 Å². The first kappa shape index (κ1) is 13.7. The third-order valence-electron chi connectivity index (χ3n) is 4.27. The lowest BCUT2D eigenvalue weighted by Crippen LogP contribution is -2.45. The fraction of sp³-hybridized carbons (Fsp3) is 0.867. The topological polar surface area (TPSA) is 24.5 Å². The van der Waals surface area contributed by atoms with Gasteiger partial charge in [-0.25, -0.2) is 0 Å². The molecular formula is C15H28N2O. The second-order valence-electron chi connectivity index (χ2n) is 6.85. The largest absolute Gasteiger partial charge is 0.474 e. The van der Waals surface area contributed by atoms with Gasteiger partial charge in [0.2, 0.25) is 0 Å². The summed E-state index contributed by atoms with van der Waals surface area (Å²) in [5, 5.41) is 3.47. The van der Waals surface area contributed by atoms with Crippen molar-refractivity contribution in [3.63, 3.8) is 0 Å². The molecule has 3 nitrogen and oxygen atoms in total. The third-order valence-corrected chi connectivity index (χ3v) is 4.27. The summed E-state index contributed by atoms with van der Waals surface area (Å²) in [5.74, 6) is 0.853. The monoisotopic (exact) mass is 252 g/mol. The molecule has 0 amide bonds. The van der Waals surface area contributed by atoms with Crippen LogP contribution in [0.5, 0.6) is 0 Å². The van der Waals surface area contributed by atoms with Crippen LogP contribution in [0.2, 0.25) is 0 Å². The Hall–Kier alpha value is -0.700. The smallest absolute Gasteiger partial charge is 0.182 e. The Bertz CT molecular complexity index is 290. The van der Waals surface area contributed by atoms with Crippen LogP contribution in [0.25, 0.3) is 0 Å². The van der Waals surface area contributed by atoms with Crippen molar-refractivity contribution in [2.75, 3.05) is 26.2 Å². The van der Waals surface area contributed by atoms with E-state index >= 15 is 0 Å². The molecule has 0 atom stereocenters. The lowest BCUT2D eigenvalue weighted by atomic mass is 9.72. The Morgan fingerprint density at radius 3 is 2.17 bits per heavy atom. The van der Waals surface area contributed by atoms with Crippen LogP contribution in [-0.2, 0) is 4.74 Å². The number of hydrogen-bond acceptors (Lipinski definition) is 3. The number of piperidine rings is 2. The van der Waals surface area contributed by atoms with Crippen LogP contribution < -0.4 is 5.32 Å². The third kappa shape index (κ3) is 3.41. The number of nitrogens with one attached hydrogen (secondary N) is 1. The van der Waals surface area contributed by atoms with Gasteiger partial charge in [0.15, 0.2) is 5.88 Å². The molecule has 0 unspecified atom stereocenters. The Morgan fingerprint density at radius 1 is 1.11 bits per heavy atom. The van der Waals surface area contributed by atoms with Gasteiger partial charge in [-0.2, -0.15) is 0 Å². The predicted molar refractivity (Wildman–Crippen MR) is 75.3 cm³/mol. The zero-order chi connectivity index (χ0) is 13.2. The summed E-state index contributed by atoms with van der Waals surface area (Å²) >= 11 is 0. The van der Waals surface area contributed by atoms with Crippen molar-refractivity contribution in [2.24, 2.45) is 5.41 Å². The van der Waals surface area contributed by atoms with Crippen molar-refractivity contribution >= 4 is 0 Å². The highest BCUT2D eigenvalue weighted by Crippen LogP contribution is 2.40. The maximum atomic E-state index is 5.87. The SMILES string of the molecule is C=C(OC(C)(C)C)N1CCC2(CCNCC2)CC1. The van der Waals surface area contributed by atoms with Crippen molar-refractivity contribution in [1.29, 1.82) is 0 Å². The van der Waals surface area contributed by atoms with Gasteiger partial charge in [-0.1, -0.05) is 0 Å². The maximum absolute atomic E-state index is 5.87. The van der Waals surface area contributed by atoms with Crippen LogP contribution in [0.3, 0.4) is 0 Å². The molecule has 104 valence electrons. The van der Waals surface area contributed by atoms with E-state index in [-0.39, 0.29) is 5.60 Å². The normalized spacial score (nSPS) is 24.1. The lowest BCUT2D eigenvalue weighted by Gasteiger charge is -2.45. The second-order valence-corrected chi connectivity index (χ2v) is 6.85. The highest BCUT2D eigenvalue weighted by Gasteiger charge is 2.36. The molecular weight excluding hydrogens is 224 g/mol. The van der Waals surface area contributed by atoms with Crippen molar-refractivity contribution < 1.29 is 4.74 Å². The highest BCUT2D eigenvalue weighted by molar-refractivity contribution is 4.95. The molecule has 0 aromatic carbocycles. The highest BCUT2D eigenvalue weighted by atomic mass is 16.5. The minimum atomic E-state index is -0.138. The summed E-state index contributed by atoms with van der Waals surface area (Å²) in [7, 11) is 0. The molecule has 2 aliphatic heterocycles. The summed E-state index contributed by atoms with van der Waals surface area (Å²) in [6, 6.07) is 0. The van der Waals surface area contributed by atoms with Crippen LogP contribution in [-0.4, -0.2) is 36.7 Å². The Kier molecular flexibility index (Phi) is 3.90. The molecule has 2 fully saturated rings. The van der Waals surface area contributed by atoms with E-state index in [1.54, 1.807) is 0 Å². The quantitative estimate of drug-likeness (QED) is 0.765. The minimum absolute atomic E-state index is 0.138. The van der Waals surface area contributed by atoms with Crippen LogP contribution >= 0.6 is 0 Å². The number of likely N-dealkylation sites (tertiary alicyclic amines) is 1. The van der Waals surface area contributed by atoms with E-state index in [1.807, 2.05) is 0 Å². The van der Waals surface area contributed by atoms with E-state index in [4.69, 9.17) is 4.74 Å². The number of rotatable bonds is 2. The van der Waals surface area contributed by atoms with Crippen LogP contribution in [0.15, 0.2) is 12.5 Å². The molecule has 2 heterocycles. The summed E-state index contributed by atoms with van der Waals surface area (Å²) in [6.45, 7) is 14.9. The van der Waals surface area contributed by atoms with Gasteiger partial charge < -0.3 is 15.0 Å². The fourth-order valence-corrected chi connectivity index (χ4v) is 3.11. The van der Waals surface area contributed by atoms with Gasteiger partial charge in [-0.15, -0.1) is 0 Å². The van der Waals surface area contributed by atoms with Gasteiger partial charge in [0.05, 0.1) is 0 Å². The van der Waals surface area contributed by atoms with E-state index in [1.165, 1.54) is 38.8 Å². The molecule has 2 aliphatic rings. The minimum Gasteiger partial charge on any atom is -0.474 e. The summed E-state index contributed by atoms with van der Waals surface area (Å²) in [6.07, 6.45) is 5.27. The number of ether oxygens (including phenoxy) is 1. The van der Waals surface area contributed by atoms with Crippen molar-refractivity contribution in [2.45, 2.75) is 52.1 Å². The van der Waals surface area contributed by atoms with E-state index in [2.05, 4.69) is 37.6 Å². The van der Waals surface area contributed by atoms with Gasteiger partial charge in [-0.05, 0) is 71.5 Å². The average molecular weight is 252 g/mol. The van der Waals surface area contributed by atoms with Gasteiger partial charge in [0.1, 0.15) is 5.60 Å². The number of nitrogens with zero attached hydrogens (tertiary/aromatic N) is 1. The van der Waals surface area contributed by atoms with E-state index in [0.29, 0.717) is 5.41 Å². The van der Waals surface area contributed by atoms with Gasteiger partial charge in [-0.3, -0.25) is 0 Å². The first-order valence-corrected chi connectivity index (χ1v) is 7.24. The van der Waals surface area contributed by atoms with E-state index in [0.717, 1.165) is 19.0 Å². The fourth-order valence-electron chi connectivity index (χ4n) is 3.11. The van der Waals surface area contributed by atoms with Gasteiger partial charge in [0.25, 0.3) is 0 Å². The molecule has 1 N–H and O–H groups in total. The lowest BCUT2D eigenvalue weighted by molar-refractivity contribution is -0.0188. The number of hydrogen-bond donors (Lipinski definition) is 1. The second kappa shape index (κ2) is 5.12. The van der Waals surface area contributed by atoms with Crippen LogP contribution in [0.4, 0.5) is 0 Å². The molecule has 2 saturated heterocycles. The predicted octanol–water partition coefficient (Wildman–Crippen LogP) is 2.74. The molecule has 18 heavy (non-hydrogen) atoms. The van der Waals surface area contributed by atoms with Crippen molar-refractivity contribution in [3.8, 4) is 0 Å². The zero-order valence-corrected chi connectivity index (χ0v) is 12.2. The molecule has 3 heteroatoms. The van der Waals surface area contributed by atoms with E-state index < -0.39 is 0 Å². The molecule has 0 aromatic heterocycles. The Labute approximate surface area is 112 Å². The summed E-state index contributed by atoms with van der Waals surface area (Å²) in [5.41, 5.74) is 0.463. The first-order chi connectivity index (χ1) is 8.40. The zero-order valence-electron chi connectivity index (χ0n) is 12.2. The molecule has 1 spiro atoms. The summed E-state index contributed by atoms with van der Waals surface area (Å²) in [4.78, 5) is 2.32. The molecule has 0 aliphatic carbocycles. The molecule has 0 saturated carbocycles. The molecule has 2 rings (SSSR count). The molecule has 0 aromatic rings. The Balaban J connectivity index is 1.84. The van der Waals surface area contributed by atoms with Gasteiger partial charge in [0, 0.05) is 13.1 Å². The van der Waals surface area contributed by atoms with E-state index in [9.17, 15) is 0 Å². The molecule has 0 radical (unpaired) electrons. The van der Waals surface area contributed by atoms with Gasteiger partial charge >= 0.3 is 0 Å². The van der Waals surface area contributed by atoms with Crippen LogP contribution in [0, 0.1) is 5.41 Å².